The third kappa shape index (κ3) is 1.30. The second kappa shape index (κ2) is 3.67. The number of hydrogen-bond donors (Lipinski definition) is 4. The molecule has 0 radical (unpaired) electrons. The maximum atomic E-state index is 10.1. The van der Waals surface area contributed by atoms with Crippen molar-refractivity contribution < 1.29 is 20.4 Å². The predicted octanol–water partition coefficient (Wildman–Crippen LogP) is -0.504. The Morgan fingerprint density at radius 3 is 1.12 bits per heavy atom. The molecule has 4 fully saturated rings. The fraction of sp³-hybridized carbons (Fsp3) is 1.00. The molecule has 0 aromatic carbocycles. The Bertz CT molecular complexity index is 246. The first-order chi connectivity index (χ1) is 7.61. The van der Waals surface area contributed by atoms with E-state index in [0.29, 0.717) is 11.8 Å². The summed E-state index contributed by atoms with van der Waals surface area (Å²) in [6, 6.07) is 0. The smallest absolute Gasteiger partial charge is 0.109 e. The van der Waals surface area contributed by atoms with Crippen LogP contribution in [0.2, 0.25) is 0 Å². The van der Waals surface area contributed by atoms with Gasteiger partial charge in [-0.3, -0.25) is 0 Å². The first-order valence-electron chi connectivity index (χ1n) is 6.33. The summed E-state index contributed by atoms with van der Waals surface area (Å²) >= 11 is 0. The van der Waals surface area contributed by atoms with E-state index in [2.05, 4.69) is 0 Å². The minimum atomic E-state index is -1.18. The first kappa shape index (κ1) is 11.0. The highest BCUT2D eigenvalue weighted by molar-refractivity contribution is 5.06. The lowest BCUT2D eigenvalue weighted by Crippen LogP contribution is -2.64. The second-order valence-corrected chi connectivity index (χ2v) is 5.79. The van der Waals surface area contributed by atoms with E-state index in [0.717, 1.165) is 25.7 Å². The van der Waals surface area contributed by atoms with Crippen LogP contribution >= 0.6 is 0 Å². The SMILES string of the molecule is OC1C(O)C(O)C2C3CCC(CC3)C2C1O. The van der Waals surface area contributed by atoms with Gasteiger partial charge in [0.1, 0.15) is 12.2 Å². The Hall–Kier alpha value is -0.160. The zero-order chi connectivity index (χ0) is 11.4. The van der Waals surface area contributed by atoms with E-state index in [1.165, 1.54) is 0 Å². The van der Waals surface area contributed by atoms with Gasteiger partial charge in [0.25, 0.3) is 0 Å². The van der Waals surface area contributed by atoms with Gasteiger partial charge in [-0.1, -0.05) is 0 Å². The van der Waals surface area contributed by atoms with Gasteiger partial charge in [-0.25, -0.2) is 0 Å². The van der Waals surface area contributed by atoms with Crippen molar-refractivity contribution in [2.75, 3.05) is 0 Å². The van der Waals surface area contributed by atoms with Crippen LogP contribution in [0.5, 0.6) is 0 Å². The largest absolute Gasteiger partial charge is 0.390 e. The Kier molecular flexibility index (Phi) is 2.51. The zero-order valence-electron chi connectivity index (χ0n) is 9.24. The van der Waals surface area contributed by atoms with Gasteiger partial charge in [-0.15, -0.1) is 0 Å². The van der Waals surface area contributed by atoms with Crippen molar-refractivity contribution in [1.29, 1.82) is 0 Å². The molecule has 0 aromatic heterocycles. The molecule has 4 aliphatic carbocycles. The summed E-state index contributed by atoms with van der Waals surface area (Å²) < 4.78 is 0. The maximum absolute atomic E-state index is 10.1. The van der Waals surface area contributed by atoms with Crippen molar-refractivity contribution in [3.8, 4) is 0 Å². The maximum Gasteiger partial charge on any atom is 0.109 e. The Morgan fingerprint density at radius 1 is 0.500 bits per heavy atom. The average molecular weight is 228 g/mol. The molecular formula is C12H20O4. The summed E-state index contributed by atoms with van der Waals surface area (Å²) in [7, 11) is 0. The quantitative estimate of drug-likeness (QED) is 0.450. The molecule has 4 N–H and O–H groups in total. The van der Waals surface area contributed by atoms with E-state index in [-0.39, 0.29) is 11.8 Å². The number of fused-ring (bicyclic) bond motifs is 2. The van der Waals surface area contributed by atoms with Gasteiger partial charge in [0.2, 0.25) is 0 Å². The summed E-state index contributed by atoms with van der Waals surface area (Å²) in [5.74, 6) is 0.811. The van der Waals surface area contributed by atoms with Gasteiger partial charge in [-0.05, 0) is 49.4 Å². The molecule has 2 bridgehead atoms. The summed E-state index contributed by atoms with van der Waals surface area (Å²) in [4.78, 5) is 0. The Balaban J connectivity index is 1.93. The first-order valence-corrected chi connectivity index (χ1v) is 6.33. The van der Waals surface area contributed by atoms with Gasteiger partial charge in [-0.2, -0.15) is 0 Å². The van der Waals surface area contributed by atoms with Crippen molar-refractivity contribution in [2.24, 2.45) is 23.7 Å². The molecule has 4 aliphatic rings. The average Bonchev–Trinajstić information content (AvgIpc) is 2.34. The monoisotopic (exact) mass is 228 g/mol. The summed E-state index contributed by atoms with van der Waals surface area (Å²) in [5, 5.41) is 39.6. The van der Waals surface area contributed by atoms with Crippen molar-refractivity contribution in [3.63, 3.8) is 0 Å². The minimum absolute atomic E-state index is 0.0131. The number of aliphatic hydroxyl groups excluding tert-OH is 4. The molecule has 0 amide bonds. The van der Waals surface area contributed by atoms with Crippen LogP contribution in [0.25, 0.3) is 0 Å². The van der Waals surface area contributed by atoms with Gasteiger partial charge in [0.05, 0.1) is 12.2 Å². The highest BCUT2D eigenvalue weighted by atomic mass is 16.4. The molecular weight excluding hydrogens is 208 g/mol. The van der Waals surface area contributed by atoms with Crippen LogP contribution in [0.4, 0.5) is 0 Å². The number of hydrogen-bond acceptors (Lipinski definition) is 4. The van der Waals surface area contributed by atoms with Crippen LogP contribution in [-0.4, -0.2) is 44.8 Å². The van der Waals surface area contributed by atoms with E-state index in [9.17, 15) is 20.4 Å². The molecule has 6 unspecified atom stereocenters. The van der Waals surface area contributed by atoms with E-state index >= 15 is 0 Å². The van der Waals surface area contributed by atoms with Crippen LogP contribution in [0.15, 0.2) is 0 Å². The predicted molar refractivity (Wildman–Crippen MR) is 56.5 cm³/mol. The van der Waals surface area contributed by atoms with Gasteiger partial charge in [0.15, 0.2) is 0 Å². The van der Waals surface area contributed by atoms with Crippen molar-refractivity contribution >= 4 is 0 Å². The van der Waals surface area contributed by atoms with Crippen LogP contribution in [0.3, 0.4) is 0 Å². The van der Waals surface area contributed by atoms with Crippen molar-refractivity contribution in [1.82, 2.24) is 0 Å². The molecule has 4 heteroatoms. The molecule has 0 aliphatic heterocycles. The molecule has 92 valence electrons. The van der Waals surface area contributed by atoms with E-state index in [1.807, 2.05) is 0 Å². The summed E-state index contributed by atoms with van der Waals surface area (Å²) in [6.07, 6.45) is 0.285. The van der Waals surface area contributed by atoms with E-state index in [4.69, 9.17) is 0 Å². The standard InChI is InChI=1S/C12H20O4/c13-9-7-5-1-2-6(4-3-5)8(7)10(14)12(16)11(9)15/h5-16H,1-4H2. The number of aliphatic hydroxyl groups is 4. The lowest BCUT2D eigenvalue weighted by atomic mass is 9.52. The number of rotatable bonds is 0. The van der Waals surface area contributed by atoms with E-state index in [1.54, 1.807) is 0 Å². The topological polar surface area (TPSA) is 80.9 Å². The molecule has 0 spiro atoms. The third-order valence-corrected chi connectivity index (χ3v) is 5.19. The van der Waals surface area contributed by atoms with E-state index < -0.39 is 24.4 Å². The Labute approximate surface area is 94.9 Å². The van der Waals surface area contributed by atoms with Crippen LogP contribution in [-0.2, 0) is 0 Å². The zero-order valence-corrected chi connectivity index (χ0v) is 9.24. The molecule has 4 nitrogen and oxygen atoms in total. The molecule has 16 heavy (non-hydrogen) atoms. The lowest BCUT2D eigenvalue weighted by Gasteiger charge is -2.56. The fourth-order valence-electron chi connectivity index (χ4n) is 4.42. The molecule has 4 rings (SSSR count). The Morgan fingerprint density at radius 2 is 0.812 bits per heavy atom. The van der Waals surface area contributed by atoms with Gasteiger partial charge < -0.3 is 20.4 Å². The fourth-order valence-corrected chi connectivity index (χ4v) is 4.42. The summed E-state index contributed by atoms with van der Waals surface area (Å²) in [5.41, 5.74) is 0. The van der Waals surface area contributed by atoms with Crippen molar-refractivity contribution in [3.05, 3.63) is 0 Å². The highest BCUT2D eigenvalue weighted by Gasteiger charge is 2.57. The minimum Gasteiger partial charge on any atom is -0.390 e. The van der Waals surface area contributed by atoms with Crippen LogP contribution in [0, 0.1) is 23.7 Å². The molecule has 0 saturated heterocycles. The second-order valence-electron chi connectivity index (χ2n) is 5.79. The molecule has 0 heterocycles. The van der Waals surface area contributed by atoms with Gasteiger partial charge in [0, 0.05) is 0 Å². The van der Waals surface area contributed by atoms with Crippen LogP contribution < -0.4 is 0 Å². The van der Waals surface area contributed by atoms with Crippen molar-refractivity contribution in [2.45, 2.75) is 50.1 Å². The lowest BCUT2D eigenvalue weighted by molar-refractivity contribution is -0.224. The molecule has 6 atom stereocenters. The normalized spacial score (nSPS) is 60.8. The van der Waals surface area contributed by atoms with Crippen LogP contribution in [0.1, 0.15) is 25.7 Å². The molecule has 0 aromatic rings. The summed E-state index contributed by atoms with van der Waals surface area (Å²) in [6.45, 7) is 0. The molecule has 4 saturated carbocycles. The van der Waals surface area contributed by atoms with Gasteiger partial charge >= 0.3 is 0 Å². The highest BCUT2D eigenvalue weighted by Crippen LogP contribution is 2.54. The third-order valence-electron chi connectivity index (χ3n) is 5.19.